The number of aryl methyl sites for hydroxylation is 2. The summed E-state index contributed by atoms with van der Waals surface area (Å²) in [5.41, 5.74) is 7.68. The van der Waals surface area contributed by atoms with Crippen LogP contribution in [-0.2, 0) is 9.47 Å². The number of carbonyl (C=O) groups excluding carboxylic acids is 2. The Labute approximate surface area is 241 Å². The maximum Gasteiger partial charge on any atom is 0.360 e. The number of esters is 2. The molecule has 0 unspecified atom stereocenters. The first-order chi connectivity index (χ1) is 18.9. The highest BCUT2D eigenvalue weighted by Crippen LogP contribution is 2.31. The molecule has 0 aliphatic heterocycles. The molecule has 13 heteroatoms. The van der Waals surface area contributed by atoms with E-state index in [2.05, 4.69) is 50.2 Å². The van der Waals surface area contributed by atoms with Crippen LogP contribution in [0.1, 0.15) is 89.1 Å². The maximum atomic E-state index is 11.5. The molecule has 2 N–H and O–H groups in total. The number of nitrogens with zero attached hydrogens (tertiary/aromatic N) is 4. The molecule has 0 spiro atoms. The largest absolute Gasteiger partial charge is 0.464 e. The number of methoxy groups -OCH3 is 2. The van der Waals surface area contributed by atoms with Gasteiger partial charge in [-0.1, -0.05) is 34.6 Å². The summed E-state index contributed by atoms with van der Waals surface area (Å²) in [6.45, 7) is 13.9. The molecule has 0 bridgehead atoms. The minimum atomic E-state index is -0.521. The van der Waals surface area contributed by atoms with Gasteiger partial charge in [0.05, 0.1) is 25.3 Å². The van der Waals surface area contributed by atoms with E-state index in [1.165, 1.54) is 25.6 Å². The highest BCUT2D eigenvalue weighted by molar-refractivity contribution is 7.10. The Bertz CT molecular complexity index is 1340. The van der Waals surface area contributed by atoms with Crippen molar-refractivity contribution in [3.05, 3.63) is 43.7 Å². The summed E-state index contributed by atoms with van der Waals surface area (Å²) in [4.78, 5) is 40.3. The lowest BCUT2D eigenvalue weighted by atomic mass is 9.99. The van der Waals surface area contributed by atoms with Gasteiger partial charge in [-0.25, -0.2) is 29.5 Å². The molecule has 40 heavy (non-hydrogen) atoms. The second-order valence-corrected chi connectivity index (χ2v) is 11.6. The van der Waals surface area contributed by atoms with Crippen molar-refractivity contribution in [3.8, 4) is 23.2 Å². The fourth-order valence-corrected chi connectivity index (χ4v) is 5.28. The molecular weight excluding hydrogens is 554 g/mol. The molecule has 0 saturated heterocycles. The summed E-state index contributed by atoms with van der Waals surface area (Å²) in [6, 6.07) is -0.120. The number of hydrogen-bond acceptors (Lipinski definition) is 13. The third-order valence-corrected chi connectivity index (χ3v) is 8.22. The fourth-order valence-electron chi connectivity index (χ4n) is 3.29. The van der Waals surface area contributed by atoms with Gasteiger partial charge in [0.1, 0.15) is 27.9 Å². The summed E-state index contributed by atoms with van der Waals surface area (Å²) in [7, 11) is 2.63. The van der Waals surface area contributed by atoms with Crippen molar-refractivity contribution in [2.24, 2.45) is 17.6 Å². The first-order valence-electron chi connectivity index (χ1n) is 12.7. The number of ether oxygens (including phenoxy) is 2. The van der Waals surface area contributed by atoms with E-state index in [-0.39, 0.29) is 17.4 Å². The summed E-state index contributed by atoms with van der Waals surface area (Å²) >= 11 is 3.04. The van der Waals surface area contributed by atoms with Crippen LogP contribution in [0.3, 0.4) is 0 Å². The third-order valence-electron chi connectivity index (χ3n) is 6.23. The molecule has 11 nitrogen and oxygen atoms in total. The summed E-state index contributed by atoms with van der Waals surface area (Å²) < 4.78 is 20.3. The van der Waals surface area contributed by atoms with Crippen molar-refractivity contribution >= 4 is 34.6 Å². The topological polar surface area (TPSA) is 156 Å². The van der Waals surface area contributed by atoms with Gasteiger partial charge >= 0.3 is 11.9 Å². The minimum Gasteiger partial charge on any atom is -0.464 e. The van der Waals surface area contributed by atoms with Crippen LogP contribution in [0.25, 0.3) is 23.2 Å². The number of aromatic nitrogens is 4. The zero-order valence-corrected chi connectivity index (χ0v) is 25.7. The second kappa shape index (κ2) is 13.3. The van der Waals surface area contributed by atoms with Gasteiger partial charge in [-0.05, 0) is 25.7 Å². The van der Waals surface area contributed by atoms with Crippen LogP contribution in [0.5, 0.6) is 0 Å². The van der Waals surface area contributed by atoms with Crippen LogP contribution in [0.15, 0.2) is 19.6 Å². The zero-order valence-electron chi connectivity index (χ0n) is 24.1. The smallest absolute Gasteiger partial charge is 0.360 e. The van der Waals surface area contributed by atoms with E-state index in [0.29, 0.717) is 52.4 Å². The van der Waals surface area contributed by atoms with Gasteiger partial charge in [0.25, 0.3) is 0 Å². The van der Waals surface area contributed by atoms with Crippen LogP contribution in [0.4, 0.5) is 0 Å². The lowest BCUT2D eigenvalue weighted by Crippen LogP contribution is -2.16. The molecule has 0 fully saturated rings. The zero-order chi connectivity index (χ0) is 29.7. The molecule has 0 saturated carbocycles. The molecule has 0 aromatic carbocycles. The number of oxazole rings is 2. The Morgan fingerprint density at radius 1 is 0.750 bits per heavy atom. The van der Waals surface area contributed by atoms with Gasteiger partial charge < -0.3 is 24.0 Å². The van der Waals surface area contributed by atoms with Gasteiger partial charge in [0.15, 0.2) is 11.4 Å². The molecule has 0 aliphatic rings. The van der Waals surface area contributed by atoms with Gasteiger partial charge in [0, 0.05) is 16.7 Å². The quantitative estimate of drug-likeness (QED) is 0.233. The van der Waals surface area contributed by atoms with Gasteiger partial charge in [-0.15, -0.1) is 22.7 Å². The van der Waals surface area contributed by atoms with Gasteiger partial charge in [-0.3, -0.25) is 0 Å². The normalized spacial score (nSPS) is 12.7. The highest BCUT2D eigenvalue weighted by atomic mass is 32.1. The van der Waals surface area contributed by atoms with E-state index < -0.39 is 11.9 Å². The lowest BCUT2D eigenvalue weighted by molar-refractivity contribution is 0.0584. The van der Waals surface area contributed by atoms with E-state index in [1.807, 2.05) is 24.6 Å². The average molecular weight is 590 g/mol. The van der Waals surface area contributed by atoms with Crippen molar-refractivity contribution in [1.29, 1.82) is 0 Å². The Kier molecular flexibility index (Phi) is 10.3. The second-order valence-electron chi connectivity index (χ2n) is 9.78. The van der Waals surface area contributed by atoms with E-state index in [1.54, 1.807) is 25.2 Å². The average Bonchev–Trinajstić information content (AvgIpc) is 3.73. The monoisotopic (exact) mass is 589 g/mol. The summed E-state index contributed by atoms with van der Waals surface area (Å²) in [5, 5.41) is 5.60. The van der Waals surface area contributed by atoms with Crippen molar-refractivity contribution < 1.29 is 27.9 Å². The van der Waals surface area contributed by atoms with Crippen LogP contribution in [-0.4, -0.2) is 46.1 Å². The van der Waals surface area contributed by atoms with Crippen molar-refractivity contribution in [1.82, 2.24) is 19.9 Å². The van der Waals surface area contributed by atoms with Gasteiger partial charge in [-0.2, -0.15) is 0 Å². The molecule has 4 rings (SSSR count). The molecule has 4 aromatic rings. The first kappa shape index (κ1) is 31.1. The molecular formula is C27H35N5O6S2. The number of rotatable bonds is 8. The molecule has 0 aliphatic carbocycles. The molecule has 4 heterocycles. The standard InChI is InChI=1S/C14H18N2O3S.C13H17N3O3S/c1-7(2)8(3)13-15-10(6-20-13)12-16-11(9(4)19-12)14(17)18-5;1-6(2)9(14)12-15-8(5-20-12)11-16-10(7(3)19-11)13(17)18-4/h6-8H,1-5H3;5-6,9H,14H2,1-4H3/t8-;9-/m00/s1. The molecule has 0 radical (unpaired) electrons. The van der Waals surface area contributed by atoms with Crippen LogP contribution in [0.2, 0.25) is 0 Å². The highest BCUT2D eigenvalue weighted by Gasteiger charge is 2.23. The SMILES string of the molecule is COC(=O)c1nc(-c2csc([C@@H](C)C(C)C)n2)oc1C.COC(=O)c1nc(-c2csc([C@@H](N)C(C)C)n2)oc1C. The first-order valence-corrected chi connectivity index (χ1v) is 14.4. The summed E-state index contributed by atoms with van der Waals surface area (Å²) in [5.74, 6) is 1.70. The predicted molar refractivity (Wildman–Crippen MR) is 152 cm³/mol. The fraction of sp³-hybridized carbons (Fsp3) is 0.481. The maximum absolute atomic E-state index is 11.5. The molecule has 2 atom stereocenters. The Morgan fingerprint density at radius 3 is 1.57 bits per heavy atom. The predicted octanol–water partition coefficient (Wildman–Crippen LogP) is 6.20. The van der Waals surface area contributed by atoms with E-state index in [0.717, 1.165) is 10.0 Å². The summed E-state index contributed by atoms with van der Waals surface area (Å²) in [6.07, 6.45) is 0. The van der Waals surface area contributed by atoms with Gasteiger partial charge in [0.2, 0.25) is 11.8 Å². The number of hydrogen-bond donors (Lipinski definition) is 1. The number of nitrogens with two attached hydrogens (primary N) is 1. The van der Waals surface area contributed by atoms with Crippen molar-refractivity contribution in [2.45, 2.75) is 60.4 Å². The van der Waals surface area contributed by atoms with E-state index in [4.69, 9.17) is 14.6 Å². The number of carbonyl (C=O) groups is 2. The minimum absolute atomic E-state index is 0.120. The van der Waals surface area contributed by atoms with Crippen LogP contribution >= 0.6 is 22.7 Å². The molecule has 0 amide bonds. The van der Waals surface area contributed by atoms with Crippen LogP contribution in [0, 0.1) is 25.7 Å². The van der Waals surface area contributed by atoms with E-state index >= 15 is 0 Å². The van der Waals surface area contributed by atoms with Crippen molar-refractivity contribution in [3.63, 3.8) is 0 Å². The molecule has 4 aromatic heterocycles. The Balaban J connectivity index is 0.000000220. The lowest BCUT2D eigenvalue weighted by Gasteiger charge is -2.11. The van der Waals surface area contributed by atoms with E-state index in [9.17, 15) is 9.59 Å². The Morgan fingerprint density at radius 2 is 1.18 bits per heavy atom. The molecule has 216 valence electrons. The Hall–Kier alpha value is -3.42. The third kappa shape index (κ3) is 7.01. The van der Waals surface area contributed by atoms with Crippen molar-refractivity contribution in [2.75, 3.05) is 14.2 Å². The van der Waals surface area contributed by atoms with Crippen LogP contribution < -0.4 is 5.73 Å². The number of thiazole rings is 2.